The van der Waals surface area contributed by atoms with Gasteiger partial charge in [0.15, 0.2) is 0 Å². The highest BCUT2D eigenvalue weighted by Gasteiger charge is 2.32. The van der Waals surface area contributed by atoms with Crippen LogP contribution in [0.25, 0.3) is 0 Å². The Morgan fingerprint density at radius 3 is 1.50 bits per heavy atom. The zero-order chi connectivity index (χ0) is 9.97. The average molecular weight is 198 g/mol. The summed E-state index contributed by atoms with van der Waals surface area (Å²) in [4.78, 5) is 22.8. The first-order chi connectivity index (χ1) is 6.77. The molecule has 0 atom stereocenters. The molecule has 78 valence electrons. The Labute approximate surface area is 82.6 Å². The minimum Gasteiger partial charge on any atom is -0.462 e. The summed E-state index contributed by atoms with van der Waals surface area (Å²) >= 11 is 0. The van der Waals surface area contributed by atoms with Gasteiger partial charge in [-0.15, -0.1) is 0 Å². The zero-order valence-corrected chi connectivity index (χ0v) is 8.03. The van der Waals surface area contributed by atoms with Crippen molar-refractivity contribution in [2.45, 2.75) is 25.7 Å². The van der Waals surface area contributed by atoms with Crippen molar-refractivity contribution in [2.75, 3.05) is 13.2 Å². The third-order valence-electron chi connectivity index (χ3n) is 2.97. The molecule has 0 aromatic carbocycles. The van der Waals surface area contributed by atoms with E-state index in [9.17, 15) is 9.59 Å². The van der Waals surface area contributed by atoms with Gasteiger partial charge >= 0.3 is 11.9 Å². The number of rotatable bonds is 0. The van der Waals surface area contributed by atoms with Crippen LogP contribution in [0.4, 0.5) is 0 Å². The first-order valence-corrected chi connectivity index (χ1v) is 5.10. The Hall–Kier alpha value is -1.06. The van der Waals surface area contributed by atoms with Crippen LogP contribution in [-0.4, -0.2) is 25.2 Å². The summed E-state index contributed by atoms with van der Waals surface area (Å²) in [5.74, 6) is -0.225. The normalized spacial score (nSPS) is 33.4. The number of esters is 2. The van der Waals surface area contributed by atoms with Crippen LogP contribution in [0.15, 0.2) is 0 Å². The monoisotopic (exact) mass is 198 g/mol. The first-order valence-electron chi connectivity index (χ1n) is 5.10. The van der Waals surface area contributed by atoms with Crippen LogP contribution in [0.2, 0.25) is 0 Å². The van der Waals surface area contributed by atoms with Crippen molar-refractivity contribution < 1.29 is 19.1 Å². The van der Waals surface area contributed by atoms with E-state index < -0.39 is 0 Å². The van der Waals surface area contributed by atoms with Gasteiger partial charge in [-0.05, 0) is 25.7 Å². The van der Waals surface area contributed by atoms with E-state index in [-0.39, 0.29) is 37.0 Å². The van der Waals surface area contributed by atoms with E-state index in [1.54, 1.807) is 0 Å². The molecule has 1 aliphatic carbocycles. The molecule has 4 nitrogen and oxygen atoms in total. The molecule has 2 bridgehead atoms. The van der Waals surface area contributed by atoms with E-state index >= 15 is 0 Å². The fourth-order valence-corrected chi connectivity index (χ4v) is 2.09. The molecule has 2 saturated heterocycles. The molecule has 0 aromatic heterocycles. The molecule has 0 amide bonds. The van der Waals surface area contributed by atoms with Crippen molar-refractivity contribution in [1.82, 2.24) is 0 Å². The minimum atomic E-state index is -0.124. The van der Waals surface area contributed by atoms with Crippen LogP contribution in [-0.2, 0) is 19.1 Å². The lowest BCUT2D eigenvalue weighted by Crippen LogP contribution is -2.31. The van der Waals surface area contributed by atoms with Gasteiger partial charge in [0.25, 0.3) is 0 Å². The molecule has 0 aromatic rings. The maximum absolute atomic E-state index is 11.4. The van der Waals surface area contributed by atoms with Crippen LogP contribution < -0.4 is 0 Å². The van der Waals surface area contributed by atoms with Crippen LogP contribution in [0.3, 0.4) is 0 Å². The second-order valence-electron chi connectivity index (χ2n) is 3.88. The highest BCUT2D eigenvalue weighted by Crippen LogP contribution is 2.30. The molecule has 14 heavy (non-hydrogen) atoms. The van der Waals surface area contributed by atoms with Crippen LogP contribution in [0.5, 0.6) is 0 Å². The van der Waals surface area contributed by atoms with Crippen LogP contribution in [0.1, 0.15) is 25.7 Å². The van der Waals surface area contributed by atoms with E-state index in [1.807, 2.05) is 0 Å². The van der Waals surface area contributed by atoms with Crippen molar-refractivity contribution in [3.8, 4) is 0 Å². The summed E-state index contributed by atoms with van der Waals surface area (Å²) in [5, 5.41) is 0. The SMILES string of the molecule is O=C1OCCOC(=O)C2CCC1CC2. The number of ether oxygens (including phenoxy) is 2. The predicted octanol–water partition coefficient (Wildman–Crippen LogP) is 0.893. The largest absolute Gasteiger partial charge is 0.462 e. The van der Waals surface area contributed by atoms with E-state index in [1.165, 1.54) is 0 Å². The summed E-state index contributed by atoms with van der Waals surface area (Å²) in [6, 6.07) is 0. The molecule has 0 unspecified atom stereocenters. The lowest BCUT2D eigenvalue weighted by Gasteiger charge is -2.27. The Bertz CT molecular complexity index is 215. The fraction of sp³-hybridized carbons (Fsp3) is 0.800. The summed E-state index contributed by atoms with van der Waals surface area (Å²) < 4.78 is 9.96. The lowest BCUT2D eigenvalue weighted by molar-refractivity contribution is -0.163. The molecule has 3 fully saturated rings. The molecule has 4 heteroatoms. The van der Waals surface area contributed by atoms with Crippen LogP contribution in [0, 0.1) is 11.8 Å². The molecule has 0 spiro atoms. The Morgan fingerprint density at radius 1 is 0.786 bits per heavy atom. The standard InChI is InChI=1S/C10H14O4/c11-9-7-1-2-8(4-3-7)10(12)14-6-5-13-9/h7-8H,1-6H2. The highest BCUT2D eigenvalue weighted by molar-refractivity contribution is 5.75. The van der Waals surface area contributed by atoms with Gasteiger partial charge in [-0.1, -0.05) is 0 Å². The molecule has 2 aliphatic heterocycles. The Morgan fingerprint density at radius 2 is 1.14 bits per heavy atom. The van der Waals surface area contributed by atoms with E-state index in [4.69, 9.17) is 9.47 Å². The third kappa shape index (κ3) is 1.89. The Kier molecular flexibility index (Phi) is 2.70. The van der Waals surface area contributed by atoms with Gasteiger partial charge in [0.1, 0.15) is 13.2 Å². The summed E-state index contributed by atoms with van der Waals surface area (Å²) in [6.07, 6.45) is 3.05. The molecule has 3 rings (SSSR count). The quantitative estimate of drug-likeness (QED) is 0.542. The van der Waals surface area contributed by atoms with Crippen molar-refractivity contribution in [2.24, 2.45) is 11.8 Å². The van der Waals surface area contributed by atoms with Crippen molar-refractivity contribution in [1.29, 1.82) is 0 Å². The van der Waals surface area contributed by atoms with E-state index in [0.29, 0.717) is 0 Å². The smallest absolute Gasteiger partial charge is 0.309 e. The number of carbonyl (C=O) groups is 2. The minimum absolute atomic E-state index is 0.0112. The third-order valence-corrected chi connectivity index (χ3v) is 2.97. The zero-order valence-electron chi connectivity index (χ0n) is 8.03. The van der Waals surface area contributed by atoms with Crippen LogP contribution >= 0.6 is 0 Å². The van der Waals surface area contributed by atoms with E-state index in [0.717, 1.165) is 25.7 Å². The van der Waals surface area contributed by atoms with Gasteiger partial charge in [-0.25, -0.2) is 0 Å². The summed E-state index contributed by atoms with van der Waals surface area (Å²) in [5.41, 5.74) is 0. The number of carbonyl (C=O) groups excluding carboxylic acids is 2. The second-order valence-corrected chi connectivity index (χ2v) is 3.88. The maximum atomic E-state index is 11.4. The maximum Gasteiger partial charge on any atom is 0.309 e. The molecule has 0 radical (unpaired) electrons. The summed E-state index contributed by atoms with van der Waals surface area (Å²) in [7, 11) is 0. The molecule has 2 heterocycles. The van der Waals surface area contributed by atoms with E-state index in [2.05, 4.69) is 0 Å². The van der Waals surface area contributed by atoms with Gasteiger partial charge in [-0.3, -0.25) is 9.59 Å². The first kappa shape index (κ1) is 9.49. The molecule has 3 aliphatic rings. The molecular formula is C10H14O4. The second kappa shape index (κ2) is 3.98. The lowest BCUT2D eigenvalue weighted by atomic mass is 9.82. The number of hydrogen-bond donors (Lipinski definition) is 0. The highest BCUT2D eigenvalue weighted by atomic mass is 16.6. The predicted molar refractivity (Wildman–Crippen MR) is 47.4 cm³/mol. The van der Waals surface area contributed by atoms with Gasteiger partial charge in [-0.2, -0.15) is 0 Å². The topological polar surface area (TPSA) is 52.6 Å². The molecular weight excluding hydrogens is 184 g/mol. The van der Waals surface area contributed by atoms with Crippen molar-refractivity contribution >= 4 is 11.9 Å². The van der Waals surface area contributed by atoms with Crippen molar-refractivity contribution in [3.05, 3.63) is 0 Å². The summed E-state index contributed by atoms with van der Waals surface area (Å²) in [6.45, 7) is 0.404. The number of fused-ring (bicyclic) bond motifs is 7. The number of hydrogen-bond acceptors (Lipinski definition) is 4. The van der Waals surface area contributed by atoms with Gasteiger partial charge in [0.2, 0.25) is 0 Å². The van der Waals surface area contributed by atoms with Crippen molar-refractivity contribution in [3.63, 3.8) is 0 Å². The Balaban J connectivity index is 2.04. The molecule has 0 N–H and O–H groups in total. The van der Waals surface area contributed by atoms with Gasteiger partial charge in [0.05, 0.1) is 11.8 Å². The molecule has 1 saturated carbocycles. The average Bonchev–Trinajstić information content (AvgIpc) is 2.23. The fourth-order valence-electron chi connectivity index (χ4n) is 2.09. The van der Waals surface area contributed by atoms with Gasteiger partial charge in [0, 0.05) is 0 Å². The van der Waals surface area contributed by atoms with Gasteiger partial charge < -0.3 is 9.47 Å².